The van der Waals surface area contributed by atoms with E-state index in [1.54, 1.807) is 30.3 Å². The highest BCUT2D eigenvalue weighted by atomic mass is 32.2. The summed E-state index contributed by atoms with van der Waals surface area (Å²) in [5.74, 6) is -0.0459. The van der Waals surface area contributed by atoms with Gasteiger partial charge in [-0.05, 0) is 48.5 Å². The van der Waals surface area contributed by atoms with Gasteiger partial charge < -0.3 is 9.73 Å². The first-order valence-corrected chi connectivity index (χ1v) is 9.24. The van der Waals surface area contributed by atoms with Crippen molar-refractivity contribution in [2.24, 2.45) is 0 Å². The minimum absolute atomic E-state index is 0.123. The van der Waals surface area contributed by atoms with Gasteiger partial charge in [0.05, 0.1) is 23.4 Å². The molecule has 7 heteroatoms. The standard InChI is InChI=1S/C18H14FNO3S2/c19-12-3-5-13(6-4-12)24-11-17(21)20-10-14-7-8-16(25-14)18(22)15-2-1-9-23-15/h1-9H,10-11H2,(H,20,21). The Kier molecular flexibility index (Phi) is 5.67. The quantitative estimate of drug-likeness (QED) is 0.498. The molecule has 1 aromatic carbocycles. The summed E-state index contributed by atoms with van der Waals surface area (Å²) in [6, 6.07) is 12.8. The molecule has 25 heavy (non-hydrogen) atoms. The van der Waals surface area contributed by atoms with Crippen LogP contribution in [0.1, 0.15) is 20.3 Å². The van der Waals surface area contributed by atoms with Crippen molar-refractivity contribution in [3.8, 4) is 0 Å². The third kappa shape index (κ3) is 4.80. The van der Waals surface area contributed by atoms with E-state index < -0.39 is 0 Å². The number of amides is 1. The summed E-state index contributed by atoms with van der Waals surface area (Å²) in [7, 11) is 0. The van der Waals surface area contributed by atoms with Gasteiger partial charge in [-0.1, -0.05) is 0 Å². The number of benzene rings is 1. The van der Waals surface area contributed by atoms with Gasteiger partial charge in [0.2, 0.25) is 11.7 Å². The molecule has 0 saturated heterocycles. The van der Waals surface area contributed by atoms with E-state index in [-0.39, 0.29) is 23.3 Å². The van der Waals surface area contributed by atoms with Crippen molar-refractivity contribution in [1.82, 2.24) is 5.32 Å². The number of ketones is 1. The molecule has 0 spiro atoms. The Labute approximate surface area is 152 Å². The largest absolute Gasteiger partial charge is 0.461 e. The zero-order valence-corrected chi connectivity index (χ0v) is 14.7. The monoisotopic (exact) mass is 375 g/mol. The summed E-state index contributed by atoms with van der Waals surface area (Å²) in [6.45, 7) is 0.360. The number of nitrogens with one attached hydrogen (secondary N) is 1. The van der Waals surface area contributed by atoms with Crippen LogP contribution in [0, 0.1) is 5.82 Å². The lowest BCUT2D eigenvalue weighted by atomic mass is 10.2. The molecule has 128 valence electrons. The smallest absolute Gasteiger partial charge is 0.238 e. The third-order valence-electron chi connectivity index (χ3n) is 3.27. The van der Waals surface area contributed by atoms with Gasteiger partial charge in [0, 0.05) is 9.77 Å². The van der Waals surface area contributed by atoms with Crippen molar-refractivity contribution in [1.29, 1.82) is 0 Å². The number of hydrogen-bond donors (Lipinski definition) is 1. The first-order valence-electron chi connectivity index (χ1n) is 7.44. The van der Waals surface area contributed by atoms with Gasteiger partial charge in [-0.15, -0.1) is 23.1 Å². The highest BCUT2D eigenvalue weighted by Gasteiger charge is 2.14. The first kappa shape index (κ1) is 17.4. The van der Waals surface area contributed by atoms with Crippen LogP contribution < -0.4 is 5.32 Å². The predicted octanol–water partition coefficient (Wildman–Crippen LogP) is 4.12. The molecule has 0 unspecified atom stereocenters. The Balaban J connectivity index is 1.47. The van der Waals surface area contributed by atoms with Crippen molar-refractivity contribution in [2.75, 3.05) is 5.75 Å². The van der Waals surface area contributed by atoms with Crippen LogP contribution in [0.3, 0.4) is 0 Å². The van der Waals surface area contributed by atoms with Gasteiger partial charge >= 0.3 is 0 Å². The SMILES string of the molecule is O=C(CSc1ccc(F)cc1)NCc1ccc(C(=O)c2ccco2)s1. The van der Waals surface area contributed by atoms with Crippen LogP contribution in [-0.4, -0.2) is 17.4 Å². The molecular formula is C18H14FNO3S2. The van der Waals surface area contributed by atoms with Crippen LogP contribution in [0.4, 0.5) is 4.39 Å². The normalized spacial score (nSPS) is 10.6. The summed E-state index contributed by atoms with van der Waals surface area (Å²) in [6.07, 6.45) is 1.46. The average Bonchev–Trinajstić information content (AvgIpc) is 3.30. The Morgan fingerprint density at radius 1 is 1.12 bits per heavy atom. The molecule has 0 aliphatic carbocycles. The van der Waals surface area contributed by atoms with Crippen LogP contribution in [-0.2, 0) is 11.3 Å². The van der Waals surface area contributed by atoms with Gasteiger partial charge in [0.15, 0.2) is 5.76 Å². The van der Waals surface area contributed by atoms with Crippen LogP contribution in [0.15, 0.2) is 64.1 Å². The second-order valence-electron chi connectivity index (χ2n) is 5.09. The van der Waals surface area contributed by atoms with Crippen molar-refractivity contribution in [2.45, 2.75) is 11.4 Å². The minimum atomic E-state index is -0.300. The molecule has 0 aliphatic heterocycles. The lowest BCUT2D eigenvalue weighted by Gasteiger charge is -2.04. The van der Waals surface area contributed by atoms with Crippen LogP contribution in [0.5, 0.6) is 0 Å². The molecule has 0 atom stereocenters. The molecule has 1 N–H and O–H groups in total. The van der Waals surface area contributed by atoms with Gasteiger partial charge in [-0.25, -0.2) is 4.39 Å². The van der Waals surface area contributed by atoms with Crippen LogP contribution in [0.2, 0.25) is 0 Å². The van der Waals surface area contributed by atoms with Crippen molar-refractivity contribution in [3.63, 3.8) is 0 Å². The fourth-order valence-corrected chi connectivity index (χ4v) is 3.66. The van der Waals surface area contributed by atoms with E-state index in [2.05, 4.69) is 5.32 Å². The molecule has 0 radical (unpaired) electrons. The lowest BCUT2D eigenvalue weighted by molar-refractivity contribution is -0.118. The van der Waals surface area contributed by atoms with E-state index in [1.165, 1.54) is 41.5 Å². The fraction of sp³-hybridized carbons (Fsp3) is 0.111. The van der Waals surface area contributed by atoms with Gasteiger partial charge in [0.25, 0.3) is 0 Å². The third-order valence-corrected chi connectivity index (χ3v) is 5.37. The summed E-state index contributed by atoms with van der Waals surface area (Å²) in [5, 5.41) is 2.81. The van der Waals surface area contributed by atoms with E-state index in [1.807, 2.05) is 6.07 Å². The Bertz CT molecular complexity index is 857. The molecule has 3 aromatic rings. The maximum atomic E-state index is 12.8. The van der Waals surface area contributed by atoms with Crippen LogP contribution >= 0.6 is 23.1 Å². The molecule has 2 aromatic heterocycles. The number of thiophene rings is 1. The number of halogens is 1. The first-order chi connectivity index (χ1) is 12.1. The molecule has 2 heterocycles. The van der Waals surface area contributed by atoms with E-state index in [9.17, 15) is 14.0 Å². The van der Waals surface area contributed by atoms with Gasteiger partial charge in [-0.3, -0.25) is 9.59 Å². The van der Waals surface area contributed by atoms with Gasteiger partial charge in [-0.2, -0.15) is 0 Å². The second-order valence-corrected chi connectivity index (χ2v) is 7.31. The zero-order chi connectivity index (χ0) is 17.6. The molecule has 0 aliphatic rings. The highest BCUT2D eigenvalue weighted by Crippen LogP contribution is 2.21. The van der Waals surface area contributed by atoms with E-state index in [0.29, 0.717) is 17.2 Å². The van der Waals surface area contributed by atoms with Crippen molar-refractivity contribution >= 4 is 34.8 Å². The number of hydrogen-bond acceptors (Lipinski definition) is 5. The highest BCUT2D eigenvalue weighted by molar-refractivity contribution is 8.00. The number of carbonyl (C=O) groups is 2. The molecule has 1 amide bonds. The Morgan fingerprint density at radius 2 is 1.92 bits per heavy atom. The summed E-state index contributed by atoms with van der Waals surface area (Å²) >= 11 is 2.66. The second kappa shape index (κ2) is 8.13. The van der Waals surface area contributed by atoms with E-state index in [0.717, 1.165) is 9.77 Å². The zero-order valence-electron chi connectivity index (χ0n) is 13.0. The molecule has 3 rings (SSSR count). The maximum Gasteiger partial charge on any atom is 0.238 e. The molecule has 4 nitrogen and oxygen atoms in total. The number of rotatable bonds is 7. The predicted molar refractivity (Wildman–Crippen MR) is 95.4 cm³/mol. The van der Waals surface area contributed by atoms with E-state index >= 15 is 0 Å². The van der Waals surface area contributed by atoms with Crippen molar-refractivity contribution < 1.29 is 18.4 Å². The molecule has 0 saturated carbocycles. The topological polar surface area (TPSA) is 59.3 Å². The Morgan fingerprint density at radius 3 is 2.64 bits per heavy atom. The van der Waals surface area contributed by atoms with Gasteiger partial charge in [0.1, 0.15) is 5.82 Å². The van der Waals surface area contributed by atoms with Crippen molar-refractivity contribution in [3.05, 3.63) is 76.1 Å². The minimum Gasteiger partial charge on any atom is -0.461 e. The molecular weight excluding hydrogens is 361 g/mol. The molecule has 0 bridgehead atoms. The Hall–Kier alpha value is -2.38. The summed E-state index contributed by atoms with van der Waals surface area (Å²) in [4.78, 5) is 26.3. The molecule has 0 fully saturated rings. The number of furan rings is 1. The number of carbonyl (C=O) groups excluding carboxylic acids is 2. The fourth-order valence-electron chi connectivity index (χ4n) is 2.04. The van der Waals surface area contributed by atoms with Crippen LogP contribution in [0.25, 0.3) is 0 Å². The maximum absolute atomic E-state index is 12.8. The lowest BCUT2D eigenvalue weighted by Crippen LogP contribution is -2.24. The summed E-state index contributed by atoms with van der Waals surface area (Å²) in [5.41, 5.74) is 0. The number of thioether (sulfide) groups is 1. The summed E-state index contributed by atoms with van der Waals surface area (Å²) < 4.78 is 17.9. The van der Waals surface area contributed by atoms with E-state index in [4.69, 9.17) is 4.42 Å². The average molecular weight is 375 g/mol.